The molecule has 1 fully saturated rings. The predicted molar refractivity (Wildman–Crippen MR) is 85.3 cm³/mol. The second kappa shape index (κ2) is 5.70. The molecule has 120 valence electrons. The molecule has 3 heterocycles. The van der Waals surface area contributed by atoms with Crippen molar-refractivity contribution in [2.24, 2.45) is 0 Å². The molecule has 2 aromatic rings. The summed E-state index contributed by atoms with van der Waals surface area (Å²) in [7, 11) is 2.08. The van der Waals surface area contributed by atoms with Gasteiger partial charge in [0.05, 0.1) is 12.6 Å². The molecule has 0 spiro atoms. The van der Waals surface area contributed by atoms with Crippen LogP contribution in [0, 0.1) is 0 Å². The quantitative estimate of drug-likeness (QED) is 0.852. The van der Waals surface area contributed by atoms with E-state index < -0.39 is 0 Å². The van der Waals surface area contributed by atoms with Gasteiger partial charge in [0.25, 0.3) is 5.91 Å². The maximum atomic E-state index is 12.7. The summed E-state index contributed by atoms with van der Waals surface area (Å²) >= 11 is 0. The third-order valence-electron chi connectivity index (χ3n) is 4.48. The molecule has 0 unspecified atom stereocenters. The zero-order valence-corrected chi connectivity index (χ0v) is 13.2. The molecule has 2 aliphatic heterocycles. The Balaban J connectivity index is 1.45. The minimum Gasteiger partial charge on any atom is -0.487 e. The summed E-state index contributed by atoms with van der Waals surface area (Å²) in [6.45, 7) is 3.80. The Bertz CT molecular complexity index is 707. The number of likely N-dealkylation sites (tertiary alicyclic amines) is 1. The number of hydrogen-bond donors (Lipinski definition) is 0. The van der Waals surface area contributed by atoms with Crippen LogP contribution in [0.15, 0.2) is 36.4 Å². The lowest BCUT2D eigenvalue weighted by atomic mass is 10.1. The number of aromatic nitrogens is 2. The van der Waals surface area contributed by atoms with E-state index in [1.165, 1.54) is 0 Å². The lowest BCUT2D eigenvalue weighted by Crippen LogP contribution is -2.61. The largest absolute Gasteiger partial charge is 0.487 e. The standard InChI is InChI=1S/C17H20N4O2/c1-19-10-14(11-19)20-7-8-21-16(17(20)22)9-13(18-21)12-23-15-5-3-2-4-6-15/h2-6,9,14H,7-8,10-12H2,1H3. The van der Waals surface area contributed by atoms with Crippen LogP contribution in [0.1, 0.15) is 16.2 Å². The smallest absolute Gasteiger partial charge is 0.272 e. The van der Waals surface area contributed by atoms with E-state index in [-0.39, 0.29) is 5.91 Å². The summed E-state index contributed by atoms with van der Waals surface area (Å²) in [4.78, 5) is 16.9. The minimum absolute atomic E-state index is 0.0906. The van der Waals surface area contributed by atoms with Gasteiger partial charge in [0.2, 0.25) is 0 Å². The van der Waals surface area contributed by atoms with Crippen molar-refractivity contribution in [1.29, 1.82) is 0 Å². The second-order valence-electron chi connectivity index (χ2n) is 6.22. The van der Waals surface area contributed by atoms with Crippen molar-refractivity contribution in [1.82, 2.24) is 19.6 Å². The van der Waals surface area contributed by atoms with Gasteiger partial charge < -0.3 is 14.5 Å². The van der Waals surface area contributed by atoms with E-state index in [9.17, 15) is 4.79 Å². The Morgan fingerprint density at radius 1 is 1.22 bits per heavy atom. The van der Waals surface area contributed by atoms with Crippen LogP contribution in [-0.4, -0.2) is 58.2 Å². The molecule has 1 saturated heterocycles. The Kier molecular flexibility index (Phi) is 3.53. The first-order valence-electron chi connectivity index (χ1n) is 7.95. The van der Waals surface area contributed by atoms with Crippen LogP contribution in [0.4, 0.5) is 0 Å². The monoisotopic (exact) mass is 312 g/mol. The van der Waals surface area contributed by atoms with Gasteiger partial charge >= 0.3 is 0 Å². The Labute approximate surface area is 135 Å². The van der Waals surface area contributed by atoms with Crippen molar-refractivity contribution in [2.45, 2.75) is 19.2 Å². The van der Waals surface area contributed by atoms with Crippen LogP contribution >= 0.6 is 0 Å². The van der Waals surface area contributed by atoms with Gasteiger partial charge in [-0.15, -0.1) is 0 Å². The van der Waals surface area contributed by atoms with Crippen molar-refractivity contribution >= 4 is 5.91 Å². The third-order valence-corrected chi connectivity index (χ3v) is 4.48. The van der Waals surface area contributed by atoms with E-state index in [1.807, 2.05) is 46.0 Å². The van der Waals surface area contributed by atoms with Gasteiger partial charge in [-0.25, -0.2) is 0 Å². The number of hydrogen-bond acceptors (Lipinski definition) is 4. The van der Waals surface area contributed by atoms with E-state index >= 15 is 0 Å². The van der Waals surface area contributed by atoms with Gasteiger partial charge in [-0.05, 0) is 25.2 Å². The highest BCUT2D eigenvalue weighted by Gasteiger charge is 2.36. The summed E-state index contributed by atoms with van der Waals surface area (Å²) < 4.78 is 7.53. The highest BCUT2D eigenvalue weighted by Crippen LogP contribution is 2.21. The average Bonchev–Trinajstić information content (AvgIpc) is 2.96. The van der Waals surface area contributed by atoms with Crippen molar-refractivity contribution in [2.75, 3.05) is 26.7 Å². The number of benzene rings is 1. The molecule has 2 aliphatic rings. The van der Waals surface area contributed by atoms with Crippen LogP contribution in [0.2, 0.25) is 0 Å². The molecule has 0 bridgehead atoms. The van der Waals surface area contributed by atoms with Gasteiger partial charge in [0, 0.05) is 19.6 Å². The van der Waals surface area contributed by atoms with Crippen LogP contribution in [-0.2, 0) is 13.2 Å². The van der Waals surface area contributed by atoms with Gasteiger partial charge in [0.15, 0.2) is 0 Å². The van der Waals surface area contributed by atoms with Crippen LogP contribution in [0.5, 0.6) is 5.75 Å². The summed E-state index contributed by atoms with van der Waals surface area (Å²) in [6.07, 6.45) is 0. The first-order chi connectivity index (χ1) is 11.2. The topological polar surface area (TPSA) is 50.6 Å². The van der Waals surface area contributed by atoms with Gasteiger partial charge in [-0.3, -0.25) is 9.48 Å². The molecule has 0 aliphatic carbocycles. The van der Waals surface area contributed by atoms with Gasteiger partial charge in [-0.1, -0.05) is 18.2 Å². The predicted octanol–water partition coefficient (Wildman–Crippen LogP) is 1.23. The number of carbonyl (C=O) groups excluding carboxylic acids is 1. The molecule has 0 saturated carbocycles. The number of para-hydroxylation sites is 1. The van der Waals surface area contributed by atoms with Crippen LogP contribution in [0.25, 0.3) is 0 Å². The van der Waals surface area contributed by atoms with E-state index in [4.69, 9.17) is 4.74 Å². The number of rotatable bonds is 4. The number of likely N-dealkylation sites (N-methyl/N-ethyl adjacent to an activating group) is 1. The molecule has 0 atom stereocenters. The Morgan fingerprint density at radius 3 is 2.74 bits per heavy atom. The first-order valence-corrected chi connectivity index (χ1v) is 7.95. The number of carbonyl (C=O) groups is 1. The van der Waals surface area contributed by atoms with E-state index in [2.05, 4.69) is 17.0 Å². The summed E-state index contributed by atoms with van der Waals surface area (Å²) in [5, 5.41) is 4.50. The average molecular weight is 312 g/mol. The van der Waals surface area contributed by atoms with Crippen LogP contribution in [0.3, 0.4) is 0 Å². The number of fused-ring (bicyclic) bond motifs is 1. The minimum atomic E-state index is 0.0906. The molecule has 6 heteroatoms. The maximum Gasteiger partial charge on any atom is 0.272 e. The molecule has 0 radical (unpaired) electrons. The fraction of sp³-hybridized carbons (Fsp3) is 0.412. The van der Waals surface area contributed by atoms with Gasteiger partial charge in [-0.2, -0.15) is 5.10 Å². The van der Waals surface area contributed by atoms with E-state index in [1.54, 1.807) is 0 Å². The number of nitrogens with zero attached hydrogens (tertiary/aromatic N) is 4. The van der Waals surface area contributed by atoms with Crippen molar-refractivity contribution < 1.29 is 9.53 Å². The maximum absolute atomic E-state index is 12.7. The van der Waals surface area contributed by atoms with E-state index in [0.29, 0.717) is 18.3 Å². The van der Waals surface area contributed by atoms with Gasteiger partial charge in [0.1, 0.15) is 23.7 Å². The number of amides is 1. The molecule has 1 aromatic heterocycles. The van der Waals surface area contributed by atoms with E-state index in [0.717, 1.165) is 37.6 Å². The molecular weight excluding hydrogens is 292 g/mol. The summed E-state index contributed by atoms with van der Waals surface area (Å²) in [6, 6.07) is 11.9. The summed E-state index contributed by atoms with van der Waals surface area (Å²) in [5.41, 5.74) is 1.47. The highest BCUT2D eigenvalue weighted by atomic mass is 16.5. The highest BCUT2D eigenvalue weighted by molar-refractivity contribution is 5.93. The summed E-state index contributed by atoms with van der Waals surface area (Å²) in [5.74, 6) is 0.900. The van der Waals surface area contributed by atoms with Crippen molar-refractivity contribution in [3.63, 3.8) is 0 Å². The SMILES string of the molecule is CN1CC(N2CCn3nc(COc4ccccc4)cc3C2=O)C1. The zero-order chi connectivity index (χ0) is 15.8. The lowest BCUT2D eigenvalue weighted by Gasteiger charge is -2.44. The molecule has 1 aromatic carbocycles. The lowest BCUT2D eigenvalue weighted by molar-refractivity contribution is 0.0290. The van der Waals surface area contributed by atoms with Crippen LogP contribution < -0.4 is 4.74 Å². The molecule has 0 N–H and O–H groups in total. The molecule has 4 rings (SSSR count). The molecular formula is C17H20N4O2. The third kappa shape index (κ3) is 2.70. The fourth-order valence-electron chi connectivity index (χ4n) is 3.22. The normalized spacial score (nSPS) is 18.7. The Hall–Kier alpha value is -2.34. The van der Waals surface area contributed by atoms with Crippen molar-refractivity contribution in [3.05, 3.63) is 47.8 Å². The second-order valence-corrected chi connectivity index (χ2v) is 6.22. The molecule has 23 heavy (non-hydrogen) atoms. The Morgan fingerprint density at radius 2 is 2.00 bits per heavy atom. The van der Waals surface area contributed by atoms with Crippen molar-refractivity contribution in [3.8, 4) is 5.75 Å². The zero-order valence-electron chi connectivity index (χ0n) is 13.2. The molecule has 6 nitrogen and oxygen atoms in total. The number of ether oxygens (including phenoxy) is 1. The first kappa shape index (κ1) is 14.3. The fourth-order valence-corrected chi connectivity index (χ4v) is 3.22. The molecule has 1 amide bonds.